The van der Waals surface area contributed by atoms with Gasteiger partial charge in [0.25, 0.3) is 0 Å². The molecule has 2 aromatic rings. The second-order valence-electron chi connectivity index (χ2n) is 7.14. The number of hydrogen-bond acceptors (Lipinski definition) is 4. The fourth-order valence-electron chi connectivity index (χ4n) is 2.93. The Morgan fingerprint density at radius 1 is 1.16 bits per heavy atom. The summed E-state index contributed by atoms with van der Waals surface area (Å²) in [5.41, 5.74) is 1.59. The molecule has 31 heavy (non-hydrogen) atoms. The van der Waals surface area contributed by atoms with Gasteiger partial charge in [-0.2, -0.15) is 0 Å². The molecule has 168 valence electrons. The van der Waals surface area contributed by atoms with Crippen molar-refractivity contribution < 1.29 is 22.4 Å². The molecule has 0 aromatic heterocycles. The Balaban J connectivity index is 2.39. The molecule has 0 radical (unpaired) electrons. The van der Waals surface area contributed by atoms with Crippen LogP contribution >= 0.6 is 11.6 Å². The Bertz CT molecular complexity index is 1060. The third-order valence-electron chi connectivity index (χ3n) is 4.80. The van der Waals surface area contributed by atoms with Crippen molar-refractivity contribution in [1.82, 2.24) is 10.2 Å². The normalized spacial score (nSPS) is 12.2. The minimum Gasteiger partial charge on any atom is -0.357 e. The summed E-state index contributed by atoms with van der Waals surface area (Å²) in [6, 6.07) is 9.30. The number of nitrogens with zero attached hydrogens (tertiary/aromatic N) is 2. The van der Waals surface area contributed by atoms with Gasteiger partial charge in [-0.25, -0.2) is 12.8 Å². The summed E-state index contributed by atoms with van der Waals surface area (Å²) >= 11 is 6.14. The van der Waals surface area contributed by atoms with Crippen molar-refractivity contribution in [2.24, 2.45) is 0 Å². The van der Waals surface area contributed by atoms with Gasteiger partial charge in [-0.05, 0) is 49.2 Å². The highest BCUT2D eigenvalue weighted by Crippen LogP contribution is 2.25. The van der Waals surface area contributed by atoms with Crippen LogP contribution in [0.1, 0.15) is 18.1 Å². The fraction of sp³-hybridized carbons (Fsp3) is 0.333. The van der Waals surface area contributed by atoms with E-state index in [4.69, 9.17) is 11.6 Å². The molecule has 1 unspecified atom stereocenters. The maximum atomic E-state index is 13.2. The molecular formula is C21H25ClFN3O4S. The maximum absolute atomic E-state index is 13.2. The number of carbonyl (C=O) groups excluding carboxylic acids is 2. The Morgan fingerprint density at radius 3 is 2.29 bits per heavy atom. The van der Waals surface area contributed by atoms with Gasteiger partial charge < -0.3 is 10.2 Å². The van der Waals surface area contributed by atoms with E-state index >= 15 is 0 Å². The number of hydrogen-bond donors (Lipinski definition) is 1. The summed E-state index contributed by atoms with van der Waals surface area (Å²) in [4.78, 5) is 26.7. The molecule has 0 aliphatic rings. The average molecular weight is 470 g/mol. The van der Waals surface area contributed by atoms with Crippen molar-refractivity contribution in [3.63, 3.8) is 0 Å². The fourth-order valence-corrected chi connectivity index (χ4v) is 3.94. The molecule has 0 aliphatic heterocycles. The lowest BCUT2D eigenvalue weighted by molar-refractivity contribution is -0.139. The Kier molecular flexibility index (Phi) is 8.02. The van der Waals surface area contributed by atoms with Gasteiger partial charge in [-0.1, -0.05) is 29.8 Å². The Morgan fingerprint density at radius 2 is 1.77 bits per heavy atom. The standard InChI is InChI=1S/C21H25ClFN3O4S/c1-14-5-10-18(11-19(14)22)26(31(4,29)30)13-20(27)25(15(2)21(28)24-3)12-16-6-8-17(23)9-7-16/h5-11,15H,12-13H2,1-4H3,(H,24,28). The van der Waals surface area contributed by atoms with Crippen LogP contribution in [0.15, 0.2) is 42.5 Å². The summed E-state index contributed by atoms with van der Waals surface area (Å²) in [6.45, 7) is 2.78. The summed E-state index contributed by atoms with van der Waals surface area (Å²) < 4.78 is 39.1. The minimum absolute atomic E-state index is 0.0000437. The molecule has 0 bridgehead atoms. The molecule has 2 aromatic carbocycles. The highest BCUT2D eigenvalue weighted by atomic mass is 35.5. The highest BCUT2D eigenvalue weighted by Gasteiger charge is 2.29. The number of anilines is 1. The van der Waals surface area contributed by atoms with Crippen LogP contribution in [-0.4, -0.2) is 51.0 Å². The van der Waals surface area contributed by atoms with Crippen molar-refractivity contribution in [2.45, 2.75) is 26.4 Å². The zero-order valence-corrected chi connectivity index (χ0v) is 19.3. The first-order valence-electron chi connectivity index (χ1n) is 9.43. The number of benzene rings is 2. The molecule has 10 heteroatoms. The first-order valence-corrected chi connectivity index (χ1v) is 11.7. The molecule has 0 fully saturated rings. The first kappa shape index (κ1) is 24.6. The quantitative estimate of drug-likeness (QED) is 0.644. The van der Waals surface area contributed by atoms with Crippen LogP contribution in [0, 0.1) is 12.7 Å². The van der Waals surface area contributed by atoms with Crippen LogP contribution < -0.4 is 9.62 Å². The van der Waals surface area contributed by atoms with E-state index in [0.717, 1.165) is 16.1 Å². The second-order valence-corrected chi connectivity index (χ2v) is 9.46. The number of rotatable bonds is 8. The molecule has 0 saturated carbocycles. The van der Waals surface area contributed by atoms with Crippen molar-refractivity contribution in [1.29, 1.82) is 0 Å². The van der Waals surface area contributed by atoms with Crippen LogP contribution in [0.4, 0.5) is 10.1 Å². The lowest BCUT2D eigenvalue weighted by Crippen LogP contribution is -2.50. The molecule has 2 amide bonds. The zero-order valence-electron chi connectivity index (χ0n) is 17.7. The van der Waals surface area contributed by atoms with Crippen LogP contribution in [0.2, 0.25) is 5.02 Å². The summed E-state index contributed by atoms with van der Waals surface area (Å²) in [5.74, 6) is -1.44. The molecule has 0 saturated heterocycles. The van der Waals surface area contributed by atoms with E-state index in [1.807, 2.05) is 0 Å². The van der Waals surface area contributed by atoms with Crippen LogP contribution in [0.3, 0.4) is 0 Å². The molecule has 1 atom stereocenters. The van der Waals surface area contributed by atoms with Gasteiger partial charge in [0.1, 0.15) is 18.4 Å². The lowest BCUT2D eigenvalue weighted by atomic mass is 10.1. The van der Waals surface area contributed by atoms with Crippen molar-refractivity contribution in [2.75, 3.05) is 24.2 Å². The monoisotopic (exact) mass is 469 g/mol. The third-order valence-corrected chi connectivity index (χ3v) is 6.35. The SMILES string of the molecule is CNC(=O)C(C)N(Cc1ccc(F)cc1)C(=O)CN(c1ccc(C)c(Cl)c1)S(C)(=O)=O. The number of sulfonamides is 1. The van der Waals surface area contributed by atoms with Crippen molar-refractivity contribution >= 4 is 39.1 Å². The van der Waals surface area contributed by atoms with Crippen molar-refractivity contribution in [3.05, 3.63) is 64.4 Å². The molecular weight excluding hydrogens is 445 g/mol. The van der Waals surface area contributed by atoms with E-state index < -0.39 is 40.2 Å². The third kappa shape index (κ3) is 6.41. The van der Waals surface area contributed by atoms with Gasteiger partial charge in [0.15, 0.2) is 0 Å². The molecule has 0 spiro atoms. The van der Waals surface area contributed by atoms with E-state index in [0.29, 0.717) is 10.6 Å². The van der Waals surface area contributed by atoms with Gasteiger partial charge >= 0.3 is 0 Å². The number of likely N-dealkylation sites (N-methyl/N-ethyl adjacent to an activating group) is 1. The number of halogens is 2. The number of nitrogens with one attached hydrogen (secondary N) is 1. The molecule has 7 nitrogen and oxygen atoms in total. The molecule has 0 aliphatic carbocycles. The Labute approximate surface area is 186 Å². The predicted molar refractivity (Wildman–Crippen MR) is 119 cm³/mol. The smallest absolute Gasteiger partial charge is 0.244 e. The second kappa shape index (κ2) is 10.1. The van der Waals surface area contributed by atoms with E-state index in [1.165, 1.54) is 49.2 Å². The van der Waals surface area contributed by atoms with Crippen LogP contribution in [0.5, 0.6) is 0 Å². The average Bonchev–Trinajstić information content (AvgIpc) is 2.71. The zero-order chi connectivity index (χ0) is 23.3. The van der Waals surface area contributed by atoms with Crippen molar-refractivity contribution in [3.8, 4) is 0 Å². The van der Waals surface area contributed by atoms with Crippen LogP contribution in [0.25, 0.3) is 0 Å². The summed E-state index contributed by atoms with van der Waals surface area (Å²) in [7, 11) is -2.39. The highest BCUT2D eigenvalue weighted by molar-refractivity contribution is 7.92. The summed E-state index contributed by atoms with van der Waals surface area (Å²) in [6.07, 6.45) is 0.987. The number of carbonyl (C=O) groups is 2. The van der Waals surface area contributed by atoms with Gasteiger partial charge in [0.05, 0.1) is 11.9 Å². The van der Waals surface area contributed by atoms with Crippen LogP contribution in [-0.2, 0) is 26.2 Å². The van der Waals surface area contributed by atoms with E-state index in [-0.39, 0.29) is 12.2 Å². The largest absolute Gasteiger partial charge is 0.357 e. The molecule has 1 N–H and O–H groups in total. The van der Waals surface area contributed by atoms with E-state index in [1.54, 1.807) is 19.1 Å². The number of amides is 2. The Hall–Kier alpha value is -2.65. The van der Waals surface area contributed by atoms with Gasteiger partial charge in [0, 0.05) is 18.6 Å². The van der Waals surface area contributed by atoms with Gasteiger partial charge in [-0.15, -0.1) is 0 Å². The maximum Gasteiger partial charge on any atom is 0.244 e. The summed E-state index contributed by atoms with van der Waals surface area (Å²) in [5, 5.41) is 2.84. The topological polar surface area (TPSA) is 86.8 Å². The molecule has 0 heterocycles. The predicted octanol–water partition coefficient (Wildman–Crippen LogP) is 2.72. The first-order chi connectivity index (χ1) is 14.4. The molecule has 2 rings (SSSR count). The van der Waals surface area contributed by atoms with E-state index in [2.05, 4.69) is 5.32 Å². The number of aryl methyl sites for hydroxylation is 1. The lowest BCUT2D eigenvalue weighted by Gasteiger charge is -2.31. The van der Waals surface area contributed by atoms with E-state index in [9.17, 15) is 22.4 Å². The van der Waals surface area contributed by atoms with Gasteiger partial charge in [0.2, 0.25) is 21.8 Å². The minimum atomic E-state index is -3.83. The van der Waals surface area contributed by atoms with Gasteiger partial charge in [-0.3, -0.25) is 13.9 Å².